The molecule has 0 saturated carbocycles. The van der Waals surface area contributed by atoms with Crippen LogP contribution in [0.4, 0.5) is 0 Å². The Morgan fingerprint density at radius 3 is 2.69 bits per heavy atom. The van der Waals surface area contributed by atoms with Gasteiger partial charge in [0.25, 0.3) is 0 Å². The van der Waals surface area contributed by atoms with Crippen LogP contribution in [-0.4, -0.2) is 56.1 Å². The maximum Gasteiger partial charge on any atom is 0.227 e. The lowest BCUT2D eigenvalue weighted by atomic mass is 9.96. The van der Waals surface area contributed by atoms with Gasteiger partial charge in [-0.25, -0.2) is 4.68 Å². The van der Waals surface area contributed by atoms with E-state index in [9.17, 15) is 9.59 Å². The summed E-state index contributed by atoms with van der Waals surface area (Å²) in [7, 11) is 0. The molecule has 1 aromatic heterocycles. The van der Waals surface area contributed by atoms with Gasteiger partial charge in [-0.3, -0.25) is 9.59 Å². The molecule has 0 aliphatic carbocycles. The number of carbonyl (C=O) groups excluding carboxylic acids is 2. The average Bonchev–Trinajstić information content (AvgIpc) is 3.16. The van der Waals surface area contributed by atoms with Crippen LogP contribution in [0, 0.1) is 5.92 Å². The first-order chi connectivity index (χ1) is 12.5. The Hall–Kier alpha value is -2.77. The summed E-state index contributed by atoms with van der Waals surface area (Å²) in [6.45, 7) is 5.11. The van der Waals surface area contributed by atoms with Gasteiger partial charge in [0.15, 0.2) is 0 Å². The molecular weight excluding hydrogens is 332 g/mol. The van der Waals surface area contributed by atoms with Crippen LogP contribution in [0.2, 0.25) is 0 Å². The van der Waals surface area contributed by atoms with E-state index in [1.165, 1.54) is 6.33 Å². The van der Waals surface area contributed by atoms with Gasteiger partial charge in [-0.2, -0.15) is 0 Å². The number of amides is 2. The second-order valence-electron chi connectivity index (χ2n) is 6.94. The Bertz CT molecular complexity index is 742. The smallest absolute Gasteiger partial charge is 0.227 e. The maximum atomic E-state index is 12.6. The highest BCUT2D eigenvalue weighted by Crippen LogP contribution is 2.18. The molecule has 0 radical (unpaired) electrons. The van der Waals surface area contributed by atoms with E-state index in [-0.39, 0.29) is 23.8 Å². The molecule has 2 amide bonds. The van der Waals surface area contributed by atoms with E-state index < -0.39 is 0 Å². The lowest BCUT2D eigenvalue weighted by molar-refractivity contribution is -0.135. The third-order valence-electron chi connectivity index (χ3n) is 4.48. The number of rotatable bonds is 5. The van der Waals surface area contributed by atoms with Gasteiger partial charge in [0.1, 0.15) is 6.33 Å². The van der Waals surface area contributed by atoms with Crippen molar-refractivity contribution in [2.24, 2.45) is 5.92 Å². The molecule has 1 aromatic carbocycles. The lowest BCUT2D eigenvalue weighted by Gasteiger charge is -2.32. The van der Waals surface area contributed by atoms with Gasteiger partial charge in [-0.05, 0) is 54.8 Å². The van der Waals surface area contributed by atoms with E-state index in [4.69, 9.17) is 0 Å². The summed E-state index contributed by atoms with van der Waals surface area (Å²) in [5.74, 6) is -0.0113. The van der Waals surface area contributed by atoms with Crippen molar-refractivity contribution >= 4 is 11.8 Å². The molecule has 0 bridgehead atoms. The summed E-state index contributed by atoms with van der Waals surface area (Å²) in [5, 5.41) is 14.0. The number of hydrogen-bond donors (Lipinski definition) is 1. The molecule has 1 N–H and O–H groups in total. The highest BCUT2D eigenvalue weighted by Gasteiger charge is 2.28. The third-order valence-corrected chi connectivity index (χ3v) is 4.48. The number of nitrogens with zero attached hydrogens (tertiary/aromatic N) is 5. The Labute approximate surface area is 152 Å². The third kappa shape index (κ3) is 4.44. The predicted molar refractivity (Wildman–Crippen MR) is 95.4 cm³/mol. The van der Waals surface area contributed by atoms with Gasteiger partial charge in [0, 0.05) is 19.1 Å². The van der Waals surface area contributed by atoms with E-state index in [0.29, 0.717) is 19.5 Å². The van der Waals surface area contributed by atoms with Crippen molar-refractivity contribution in [1.82, 2.24) is 30.4 Å². The number of hydrogen-bond acceptors (Lipinski definition) is 5. The van der Waals surface area contributed by atoms with Gasteiger partial charge in [-0.15, -0.1) is 5.10 Å². The first-order valence-electron chi connectivity index (χ1n) is 8.93. The summed E-state index contributed by atoms with van der Waals surface area (Å²) in [4.78, 5) is 26.7. The largest absolute Gasteiger partial charge is 0.354 e. The van der Waals surface area contributed by atoms with Gasteiger partial charge in [-0.1, -0.05) is 12.1 Å². The van der Waals surface area contributed by atoms with E-state index in [0.717, 1.165) is 24.1 Å². The van der Waals surface area contributed by atoms with Crippen LogP contribution < -0.4 is 5.32 Å². The van der Waals surface area contributed by atoms with Crippen LogP contribution >= 0.6 is 0 Å². The Kier molecular flexibility index (Phi) is 5.60. The minimum atomic E-state index is -0.114. The molecule has 3 rings (SSSR count). The first-order valence-corrected chi connectivity index (χ1v) is 8.93. The van der Waals surface area contributed by atoms with Crippen LogP contribution in [0.3, 0.4) is 0 Å². The van der Waals surface area contributed by atoms with Crippen LogP contribution in [0.25, 0.3) is 5.69 Å². The number of nitrogens with one attached hydrogen (secondary N) is 1. The summed E-state index contributed by atoms with van der Waals surface area (Å²) in [5.41, 5.74) is 1.77. The van der Waals surface area contributed by atoms with Crippen molar-refractivity contribution in [2.75, 3.05) is 13.1 Å². The maximum absolute atomic E-state index is 12.6. The SMILES string of the molecule is CC(C)NC(=O)[C@@H]1CCCN(C(=O)Cc2ccc(-n3cnnn3)cc2)C1. The highest BCUT2D eigenvalue weighted by atomic mass is 16.2. The summed E-state index contributed by atoms with van der Waals surface area (Å²) < 4.78 is 1.56. The number of benzene rings is 1. The van der Waals surface area contributed by atoms with Gasteiger partial charge in [0.2, 0.25) is 11.8 Å². The zero-order valence-corrected chi connectivity index (χ0v) is 15.1. The molecule has 26 heavy (non-hydrogen) atoms. The molecular formula is C18H24N6O2. The zero-order valence-electron chi connectivity index (χ0n) is 15.1. The molecule has 8 heteroatoms. The van der Waals surface area contributed by atoms with Gasteiger partial charge >= 0.3 is 0 Å². The quantitative estimate of drug-likeness (QED) is 0.862. The molecule has 1 aliphatic heterocycles. The Balaban J connectivity index is 1.58. The first kappa shape index (κ1) is 18.0. The second kappa shape index (κ2) is 8.07. The second-order valence-corrected chi connectivity index (χ2v) is 6.94. The monoisotopic (exact) mass is 356 g/mol. The molecule has 138 valence electrons. The molecule has 0 unspecified atom stereocenters. The van der Waals surface area contributed by atoms with E-state index in [1.807, 2.05) is 43.0 Å². The lowest BCUT2D eigenvalue weighted by Crippen LogP contribution is -2.47. The Morgan fingerprint density at radius 1 is 1.27 bits per heavy atom. The van der Waals surface area contributed by atoms with Gasteiger partial charge < -0.3 is 10.2 Å². The molecule has 1 atom stereocenters. The Morgan fingerprint density at radius 2 is 2.04 bits per heavy atom. The standard InChI is InChI=1S/C18H24N6O2/c1-13(2)20-18(26)15-4-3-9-23(11-15)17(25)10-14-5-7-16(8-6-14)24-12-19-21-22-24/h5-8,12-13,15H,3-4,9-11H2,1-2H3,(H,20,26)/t15-/m1/s1. The summed E-state index contributed by atoms with van der Waals surface area (Å²) in [6, 6.07) is 7.69. The summed E-state index contributed by atoms with van der Waals surface area (Å²) >= 11 is 0. The zero-order chi connectivity index (χ0) is 18.5. The molecule has 1 fully saturated rings. The molecule has 0 spiro atoms. The summed E-state index contributed by atoms with van der Waals surface area (Å²) in [6.07, 6.45) is 3.55. The van der Waals surface area contributed by atoms with Crippen molar-refractivity contribution < 1.29 is 9.59 Å². The fraction of sp³-hybridized carbons (Fsp3) is 0.500. The van der Waals surface area contributed by atoms with Crippen molar-refractivity contribution in [1.29, 1.82) is 0 Å². The number of likely N-dealkylation sites (tertiary alicyclic amines) is 1. The topological polar surface area (TPSA) is 93.0 Å². The number of tetrazole rings is 1. The molecule has 1 saturated heterocycles. The van der Waals surface area contributed by atoms with Crippen molar-refractivity contribution in [3.63, 3.8) is 0 Å². The molecule has 2 heterocycles. The highest BCUT2D eigenvalue weighted by molar-refractivity contribution is 5.82. The fourth-order valence-electron chi connectivity index (χ4n) is 3.15. The predicted octanol–water partition coefficient (Wildman–Crippen LogP) is 0.968. The molecule has 1 aliphatic rings. The van der Waals surface area contributed by atoms with Crippen LogP contribution in [0.1, 0.15) is 32.3 Å². The van der Waals surface area contributed by atoms with Crippen molar-refractivity contribution in [3.05, 3.63) is 36.2 Å². The van der Waals surface area contributed by atoms with Crippen LogP contribution in [0.15, 0.2) is 30.6 Å². The minimum absolute atomic E-state index is 0.0447. The van der Waals surface area contributed by atoms with Crippen molar-refractivity contribution in [2.45, 2.75) is 39.2 Å². The molecule has 2 aromatic rings. The van der Waals surface area contributed by atoms with E-state index in [1.54, 1.807) is 4.68 Å². The number of piperidine rings is 1. The van der Waals surface area contributed by atoms with Gasteiger partial charge in [0.05, 0.1) is 18.0 Å². The minimum Gasteiger partial charge on any atom is -0.354 e. The van der Waals surface area contributed by atoms with E-state index >= 15 is 0 Å². The molecule has 8 nitrogen and oxygen atoms in total. The number of carbonyl (C=O) groups is 2. The van der Waals surface area contributed by atoms with Crippen LogP contribution in [0.5, 0.6) is 0 Å². The fourth-order valence-corrected chi connectivity index (χ4v) is 3.15. The number of aromatic nitrogens is 4. The average molecular weight is 356 g/mol. The van der Waals surface area contributed by atoms with Crippen LogP contribution in [-0.2, 0) is 16.0 Å². The van der Waals surface area contributed by atoms with Crippen molar-refractivity contribution in [3.8, 4) is 5.69 Å². The normalized spacial score (nSPS) is 17.3. The van der Waals surface area contributed by atoms with E-state index in [2.05, 4.69) is 20.8 Å².